The SMILES string of the molecule is CCCCNC(=O)[C@@H](Cc1ccccc1)N(Cc1cccc(Cl)c1)C(=O)CN(c1cccc(Cl)c1C)S(C)(=O)=O. The molecule has 10 heteroatoms. The number of sulfonamides is 1. The molecule has 7 nitrogen and oxygen atoms in total. The van der Waals surface area contributed by atoms with Crippen molar-refractivity contribution < 1.29 is 18.0 Å². The number of anilines is 1. The van der Waals surface area contributed by atoms with Gasteiger partial charge in [-0.3, -0.25) is 13.9 Å². The lowest BCUT2D eigenvalue weighted by atomic mass is 10.0. The van der Waals surface area contributed by atoms with Crippen LogP contribution in [0.25, 0.3) is 0 Å². The molecule has 3 aromatic rings. The maximum Gasteiger partial charge on any atom is 0.244 e. The highest BCUT2D eigenvalue weighted by atomic mass is 35.5. The van der Waals surface area contributed by atoms with E-state index in [0.29, 0.717) is 33.4 Å². The van der Waals surface area contributed by atoms with Crippen LogP contribution in [0.4, 0.5) is 5.69 Å². The van der Waals surface area contributed by atoms with E-state index in [4.69, 9.17) is 23.2 Å². The summed E-state index contributed by atoms with van der Waals surface area (Å²) in [4.78, 5) is 29.1. The maximum atomic E-state index is 14.1. The number of carbonyl (C=O) groups excluding carboxylic acids is 2. The minimum atomic E-state index is -3.88. The van der Waals surface area contributed by atoms with E-state index in [1.54, 1.807) is 43.3 Å². The van der Waals surface area contributed by atoms with Gasteiger partial charge in [0, 0.05) is 29.6 Å². The Balaban J connectivity index is 2.06. The van der Waals surface area contributed by atoms with Gasteiger partial charge in [-0.05, 0) is 54.3 Å². The number of hydrogen-bond acceptors (Lipinski definition) is 4. The van der Waals surface area contributed by atoms with Crippen LogP contribution in [0.1, 0.15) is 36.5 Å². The van der Waals surface area contributed by atoms with E-state index >= 15 is 0 Å². The second-order valence-electron chi connectivity index (χ2n) is 9.66. The van der Waals surface area contributed by atoms with Crippen molar-refractivity contribution in [2.45, 2.75) is 45.7 Å². The number of hydrogen-bond donors (Lipinski definition) is 1. The fourth-order valence-electron chi connectivity index (χ4n) is 4.35. The molecule has 1 N–H and O–H groups in total. The number of nitrogens with one attached hydrogen (secondary N) is 1. The molecule has 0 aliphatic rings. The van der Waals surface area contributed by atoms with Crippen LogP contribution in [-0.4, -0.2) is 50.5 Å². The number of halogens is 2. The zero-order valence-electron chi connectivity index (χ0n) is 22.9. The highest BCUT2D eigenvalue weighted by Crippen LogP contribution is 2.28. The minimum absolute atomic E-state index is 0.0597. The van der Waals surface area contributed by atoms with Crippen LogP contribution in [0, 0.1) is 6.92 Å². The highest BCUT2D eigenvalue weighted by Gasteiger charge is 2.33. The predicted molar refractivity (Wildman–Crippen MR) is 162 cm³/mol. The summed E-state index contributed by atoms with van der Waals surface area (Å²) < 4.78 is 26.9. The van der Waals surface area contributed by atoms with Crippen molar-refractivity contribution in [3.05, 3.63) is 99.5 Å². The standard InChI is InChI=1S/C30H35Cl2N3O4S/c1-4-5-17-33-30(37)28(19-23-11-7-6-8-12-23)34(20-24-13-9-14-25(31)18-24)29(36)21-35(40(3,38)39)27-16-10-15-26(32)22(27)2/h6-16,18,28H,4-5,17,19-21H2,1-3H3,(H,33,37)/t28-/m1/s1. The van der Waals surface area contributed by atoms with E-state index in [0.717, 1.165) is 29.0 Å². The van der Waals surface area contributed by atoms with Crippen LogP contribution < -0.4 is 9.62 Å². The number of nitrogens with zero attached hydrogens (tertiary/aromatic N) is 2. The molecule has 3 aromatic carbocycles. The van der Waals surface area contributed by atoms with E-state index in [2.05, 4.69) is 5.32 Å². The summed E-state index contributed by atoms with van der Waals surface area (Å²) in [5.41, 5.74) is 2.41. The molecule has 0 bridgehead atoms. The molecular weight excluding hydrogens is 569 g/mol. The van der Waals surface area contributed by atoms with Gasteiger partial charge in [-0.15, -0.1) is 0 Å². The van der Waals surface area contributed by atoms with Crippen molar-refractivity contribution >= 4 is 50.7 Å². The number of amides is 2. The van der Waals surface area contributed by atoms with Gasteiger partial charge >= 0.3 is 0 Å². The van der Waals surface area contributed by atoms with Crippen molar-refractivity contribution in [1.82, 2.24) is 10.2 Å². The average molecular weight is 605 g/mol. The van der Waals surface area contributed by atoms with Gasteiger partial charge in [0.05, 0.1) is 11.9 Å². The average Bonchev–Trinajstić information content (AvgIpc) is 2.91. The summed E-state index contributed by atoms with van der Waals surface area (Å²) in [5, 5.41) is 3.83. The fourth-order valence-corrected chi connectivity index (χ4v) is 5.64. The molecule has 2 amide bonds. The quantitative estimate of drug-likeness (QED) is 0.257. The molecule has 0 aliphatic heterocycles. The first-order chi connectivity index (χ1) is 19.0. The van der Waals surface area contributed by atoms with Crippen molar-refractivity contribution in [1.29, 1.82) is 0 Å². The molecule has 3 rings (SSSR count). The first-order valence-corrected chi connectivity index (χ1v) is 15.7. The maximum absolute atomic E-state index is 14.1. The third kappa shape index (κ3) is 8.71. The molecule has 0 saturated carbocycles. The fraction of sp³-hybridized carbons (Fsp3) is 0.333. The molecule has 0 unspecified atom stereocenters. The molecule has 214 valence electrons. The van der Waals surface area contributed by atoms with Gasteiger partial charge in [0.2, 0.25) is 21.8 Å². The molecule has 0 saturated heterocycles. The van der Waals surface area contributed by atoms with Gasteiger partial charge in [-0.2, -0.15) is 0 Å². The smallest absolute Gasteiger partial charge is 0.244 e. The summed E-state index contributed by atoms with van der Waals surface area (Å²) in [5.74, 6) is -0.839. The van der Waals surface area contributed by atoms with Crippen molar-refractivity contribution in [2.75, 3.05) is 23.7 Å². The van der Waals surface area contributed by atoms with Gasteiger partial charge in [-0.25, -0.2) is 8.42 Å². The molecule has 0 radical (unpaired) electrons. The lowest BCUT2D eigenvalue weighted by Gasteiger charge is -2.34. The Bertz CT molecular complexity index is 1420. The summed E-state index contributed by atoms with van der Waals surface area (Å²) in [6.07, 6.45) is 2.99. The Hall–Kier alpha value is -3.07. The zero-order valence-corrected chi connectivity index (χ0v) is 25.3. The van der Waals surface area contributed by atoms with Crippen LogP contribution >= 0.6 is 23.2 Å². The van der Waals surface area contributed by atoms with Crippen LogP contribution in [0.15, 0.2) is 72.8 Å². The van der Waals surface area contributed by atoms with Crippen LogP contribution in [-0.2, 0) is 32.6 Å². The summed E-state index contributed by atoms with van der Waals surface area (Å²) >= 11 is 12.5. The van der Waals surface area contributed by atoms with Crippen LogP contribution in [0.2, 0.25) is 10.0 Å². The van der Waals surface area contributed by atoms with Crippen LogP contribution in [0.3, 0.4) is 0 Å². The van der Waals surface area contributed by atoms with Crippen molar-refractivity contribution in [3.63, 3.8) is 0 Å². The number of carbonyl (C=O) groups is 2. The van der Waals surface area contributed by atoms with E-state index < -0.39 is 28.5 Å². The normalized spacial score (nSPS) is 12.0. The van der Waals surface area contributed by atoms with Crippen molar-refractivity contribution in [2.24, 2.45) is 0 Å². The van der Waals surface area contributed by atoms with E-state index in [9.17, 15) is 18.0 Å². The largest absolute Gasteiger partial charge is 0.354 e. The Morgan fingerprint density at radius 3 is 2.27 bits per heavy atom. The Morgan fingerprint density at radius 1 is 0.950 bits per heavy atom. The van der Waals surface area contributed by atoms with Gasteiger partial charge in [0.25, 0.3) is 0 Å². The van der Waals surface area contributed by atoms with E-state index in [-0.39, 0.29) is 18.9 Å². The number of unbranched alkanes of at least 4 members (excludes halogenated alkanes) is 1. The lowest BCUT2D eigenvalue weighted by molar-refractivity contribution is -0.140. The first kappa shape index (κ1) is 31.5. The monoisotopic (exact) mass is 603 g/mol. The van der Waals surface area contributed by atoms with Gasteiger partial charge in [0.15, 0.2) is 0 Å². The second-order valence-corrected chi connectivity index (χ2v) is 12.4. The van der Waals surface area contributed by atoms with E-state index in [1.165, 1.54) is 4.90 Å². The summed E-state index contributed by atoms with van der Waals surface area (Å²) in [6, 6.07) is 20.5. The summed E-state index contributed by atoms with van der Waals surface area (Å²) in [7, 11) is -3.88. The highest BCUT2D eigenvalue weighted by molar-refractivity contribution is 7.92. The summed E-state index contributed by atoms with van der Waals surface area (Å²) in [6.45, 7) is 3.75. The topological polar surface area (TPSA) is 86.8 Å². The zero-order chi connectivity index (χ0) is 29.3. The third-order valence-corrected chi connectivity index (χ3v) is 8.30. The predicted octanol–water partition coefficient (Wildman–Crippen LogP) is 5.62. The Labute approximate surface area is 247 Å². The first-order valence-electron chi connectivity index (χ1n) is 13.1. The lowest BCUT2D eigenvalue weighted by Crippen LogP contribution is -2.53. The van der Waals surface area contributed by atoms with Gasteiger partial charge < -0.3 is 10.2 Å². The number of benzene rings is 3. The molecule has 1 atom stereocenters. The van der Waals surface area contributed by atoms with Crippen molar-refractivity contribution in [3.8, 4) is 0 Å². The molecular formula is C30H35Cl2N3O4S. The van der Waals surface area contributed by atoms with Crippen LogP contribution in [0.5, 0.6) is 0 Å². The van der Waals surface area contributed by atoms with Gasteiger partial charge in [0.1, 0.15) is 12.6 Å². The van der Waals surface area contributed by atoms with E-state index in [1.807, 2.05) is 43.3 Å². The minimum Gasteiger partial charge on any atom is -0.354 e. The molecule has 0 aliphatic carbocycles. The molecule has 40 heavy (non-hydrogen) atoms. The number of rotatable bonds is 13. The molecule has 0 spiro atoms. The molecule has 0 fully saturated rings. The second kappa shape index (κ2) is 14.5. The van der Waals surface area contributed by atoms with Gasteiger partial charge in [-0.1, -0.05) is 85.1 Å². The molecule has 0 heterocycles. The Kier molecular flexibility index (Phi) is 11.4. The Morgan fingerprint density at radius 2 is 1.62 bits per heavy atom. The third-order valence-electron chi connectivity index (χ3n) is 6.53. The molecule has 0 aromatic heterocycles.